The summed E-state index contributed by atoms with van der Waals surface area (Å²) in [6.07, 6.45) is 1.76. The topological polar surface area (TPSA) is 56.0 Å². The number of rotatable bonds is 7. The third kappa shape index (κ3) is 4.17. The second kappa shape index (κ2) is 8.12. The summed E-state index contributed by atoms with van der Waals surface area (Å²) in [5.74, 6) is 0.853. The third-order valence-electron chi connectivity index (χ3n) is 4.02. The van der Waals surface area contributed by atoms with E-state index in [-0.39, 0.29) is 11.5 Å². The Morgan fingerprint density at radius 2 is 1.84 bits per heavy atom. The first kappa shape index (κ1) is 17.4. The van der Waals surface area contributed by atoms with E-state index in [1.807, 2.05) is 36.4 Å². The molecule has 0 spiro atoms. The van der Waals surface area contributed by atoms with Crippen molar-refractivity contribution in [1.82, 2.24) is 10.2 Å². The Morgan fingerprint density at radius 1 is 1.04 bits per heavy atom. The molecular formula is C20H20N2O2S. The minimum absolute atomic E-state index is 0.0941. The van der Waals surface area contributed by atoms with E-state index >= 15 is 0 Å². The zero-order valence-electron chi connectivity index (χ0n) is 14.4. The second-order valence-corrected chi connectivity index (χ2v) is 6.58. The molecule has 4 nitrogen and oxygen atoms in total. The fraction of sp³-hybridized carbons (Fsp3) is 0.250. The fourth-order valence-corrected chi connectivity index (χ4v) is 3.23. The normalized spacial score (nSPS) is 10.8. The number of Topliss-reactive ketones (excluding diaryl/α,β-unsaturated/α-hetero) is 1. The smallest absolute Gasteiger partial charge is 0.277 e. The molecule has 0 N–H and O–H groups in total. The molecule has 2 aromatic carbocycles. The van der Waals surface area contributed by atoms with Crippen LogP contribution in [0.25, 0.3) is 11.5 Å². The lowest BCUT2D eigenvalue weighted by molar-refractivity contribution is 0.102. The van der Waals surface area contributed by atoms with Crippen LogP contribution in [0.1, 0.15) is 35.3 Å². The lowest BCUT2D eigenvalue weighted by Crippen LogP contribution is -2.07. The van der Waals surface area contributed by atoms with Crippen LogP contribution in [0.2, 0.25) is 0 Å². The molecule has 0 saturated carbocycles. The van der Waals surface area contributed by atoms with E-state index in [0.29, 0.717) is 11.1 Å². The van der Waals surface area contributed by atoms with Crippen molar-refractivity contribution in [2.75, 3.05) is 5.75 Å². The monoisotopic (exact) mass is 352 g/mol. The van der Waals surface area contributed by atoms with Gasteiger partial charge in [0.15, 0.2) is 5.78 Å². The number of carbonyl (C=O) groups is 1. The van der Waals surface area contributed by atoms with E-state index < -0.39 is 0 Å². The number of nitrogens with zero attached hydrogens (tertiary/aromatic N) is 2. The molecule has 25 heavy (non-hydrogen) atoms. The number of aromatic nitrogens is 2. The van der Waals surface area contributed by atoms with Gasteiger partial charge >= 0.3 is 0 Å². The van der Waals surface area contributed by atoms with E-state index in [1.54, 1.807) is 0 Å². The number of carbonyl (C=O) groups excluding carboxylic acids is 1. The van der Waals surface area contributed by atoms with Gasteiger partial charge in [-0.15, -0.1) is 10.2 Å². The van der Waals surface area contributed by atoms with Crippen LogP contribution in [0, 0.1) is 0 Å². The van der Waals surface area contributed by atoms with Gasteiger partial charge in [0.1, 0.15) is 0 Å². The van der Waals surface area contributed by atoms with Crippen LogP contribution in [-0.4, -0.2) is 21.7 Å². The number of ketones is 1. The van der Waals surface area contributed by atoms with Crippen molar-refractivity contribution in [1.29, 1.82) is 0 Å². The molecule has 0 unspecified atom stereocenters. The summed E-state index contributed by atoms with van der Waals surface area (Å²) in [5, 5.41) is 8.49. The van der Waals surface area contributed by atoms with Crippen LogP contribution < -0.4 is 0 Å². The Hall–Kier alpha value is -2.40. The average molecular weight is 352 g/mol. The molecular weight excluding hydrogens is 332 g/mol. The first-order chi connectivity index (χ1) is 12.2. The molecule has 1 heterocycles. The number of hydrogen-bond donors (Lipinski definition) is 0. The Morgan fingerprint density at radius 3 is 2.56 bits per heavy atom. The summed E-state index contributed by atoms with van der Waals surface area (Å²) < 4.78 is 5.65. The summed E-state index contributed by atoms with van der Waals surface area (Å²) in [6, 6.07) is 15.7. The molecule has 0 fully saturated rings. The molecule has 0 atom stereocenters. The molecule has 0 bridgehead atoms. The minimum Gasteiger partial charge on any atom is -0.411 e. The number of thioether (sulfide) groups is 1. The van der Waals surface area contributed by atoms with Crippen molar-refractivity contribution in [3.63, 3.8) is 0 Å². The van der Waals surface area contributed by atoms with Gasteiger partial charge in [0.05, 0.1) is 5.75 Å². The number of aryl methyl sites for hydroxylation is 2. The SMILES string of the molecule is CCc1ccc(CC)c(C(=O)CSc2nnc(-c3ccccc3)o2)c1. The molecule has 3 aromatic rings. The van der Waals surface area contributed by atoms with Crippen molar-refractivity contribution >= 4 is 17.5 Å². The van der Waals surface area contributed by atoms with Gasteiger partial charge in [0.2, 0.25) is 5.89 Å². The highest BCUT2D eigenvalue weighted by Crippen LogP contribution is 2.24. The van der Waals surface area contributed by atoms with Gasteiger partial charge in [0.25, 0.3) is 5.22 Å². The molecule has 0 aliphatic heterocycles. The van der Waals surface area contributed by atoms with Crippen LogP contribution in [0.4, 0.5) is 0 Å². The van der Waals surface area contributed by atoms with E-state index in [9.17, 15) is 4.79 Å². The van der Waals surface area contributed by atoms with Gasteiger partial charge < -0.3 is 4.42 Å². The lowest BCUT2D eigenvalue weighted by Gasteiger charge is -2.08. The molecule has 0 saturated heterocycles. The minimum atomic E-state index is 0.0941. The van der Waals surface area contributed by atoms with Crippen LogP contribution in [0.15, 0.2) is 58.2 Å². The lowest BCUT2D eigenvalue weighted by atomic mass is 9.98. The van der Waals surface area contributed by atoms with Crippen LogP contribution >= 0.6 is 11.8 Å². The van der Waals surface area contributed by atoms with Gasteiger partial charge in [-0.2, -0.15) is 0 Å². The van der Waals surface area contributed by atoms with E-state index in [1.165, 1.54) is 17.3 Å². The van der Waals surface area contributed by atoms with Crippen molar-refractivity contribution in [2.24, 2.45) is 0 Å². The van der Waals surface area contributed by atoms with Gasteiger partial charge in [-0.3, -0.25) is 4.79 Å². The summed E-state index contributed by atoms with van der Waals surface area (Å²) in [4.78, 5) is 12.6. The maximum Gasteiger partial charge on any atom is 0.277 e. The van der Waals surface area contributed by atoms with Crippen molar-refractivity contribution < 1.29 is 9.21 Å². The molecule has 128 valence electrons. The molecule has 3 rings (SSSR count). The zero-order chi connectivity index (χ0) is 17.6. The van der Waals surface area contributed by atoms with Crippen molar-refractivity contribution in [2.45, 2.75) is 31.9 Å². The predicted molar refractivity (Wildman–Crippen MR) is 100.0 cm³/mol. The quantitative estimate of drug-likeness (QED) is 0.450. The Kier molecular flexibility index (Phi) is 5.66. The second-order valence-electron chi connectivity index (χ2n) is 5.65. The number of benzene rings is 2. The molecule has 0 radical (unpaired) electrons. The van der Waals surface area contributed by atoms with E-state index in [2.05, 4.69) is 36.2 Å². The molecule has 1 aromatic heterocycles. The van der Waals surface area contributed by atoms with Crippen LogP contribution in [-0.2, 0) is 12.8 Å². The molecule has 0 amide bonds. The zero-order valence-corrected chi connectivity index (χ0v) is 15.2. The summed E-state index contributed by atoms with van der Waals surface area (Å²) in [6.45, 7) is 4.16. The molecule has 0 aliphatic carbocycles. The largest absolute Gasteiger partial charge is 0.411 e. The summed E-state index contributed by atoms with van der Waals surface area (Å²) in [5.41, 5.74) is 3.93. The predicted octanol–water partition coefficient (Wildman–Crippen LogP) is 4.84. The first-order valence-electron chi connectivity index (χ1n) is 8.38. The van der Waals surface area contributed by atoms with Gasteiger partial charge in [-0.1, -0.05) is 55.9 Å². The highest BCUT2D eigenvalue weighted by atomic mass is 32.2. The van der Waals surface area contributed by atoms with Gasteiger partial charge in [-0.25, -0.2) is 0 Å². The van der Waals surface area contributed by atoms with Crippen molar-refractivity contribution in [3.8, 4) is 11.5 Å². The Labute approximate surface area is 151 Å². The Balaban J connectivity index is 1.70. The molecule has 5 heteroatoms. The van der Waals surface area contributed by atoms with Gasteiger partial charge in [-0.05, 0) is 42.2 Å². The van der Waals surface area contributed by atoms with Crippen LogP contribution in [0.3, 0.4) is 0 Å². The van der Waals surface area contributed by atoms with Crippen molar-refractivity contribution in [3.05, 3.63) is 65.2 Å². The van der Waals surface area contributed by atoms with Crippen LogP contribution in [0.5, 0.6) is 0 Å². The van der Waals surface area contributed by atoms with E-state index in [4.69, 9.17) is 4.42 Å². The van der Waals surface area contributed by atoms with E-state index in [0.717, 1.165) is 29.5 Å². The highest BCUT2D eigenvalue weighted by molar-refractivity contribution is 7.99. The average Bonchev–Trinajstić information content (AvgIpc) is 3.15. The highest BCUT2D eigenvalue weighted by Gasteiger charge is 2.15. The first-order valence-corrected chi connectivity index (χ1v) is 9.36. The fourth-order valence-electron chi connectivity index (χ4n) is 2.58. The summed E-state index contributed by atoms with van der Waals surface area (Å²) >= 11 is 1.28. The number of hydrogen-bond acceptors (Lipinski definition) is 5. The summed E-state index contributed by atoms with van der Waals surface area (Å²) in [7, 11) is 0. The maximum absolute atomic E-state index is 12.6. The third-order valence-corrected chi connectivity index (χ3v) is 4.84. The standard InChI is InChI=1S/C20H20N2O2S/c1-3-14-10-11-15(4-2)17(12-14)18(23)13-25-20-22-21-19(24-20)16-8-6-5-7-9-16/h5-12H,3-4,13H2,1-2H3. The maximum atomic E-state index is 12.6. The van der Waals surface area contributed by atoms with Gasteiger partial charge in [0, 0.05) is 11.1 Å². The Bertz CT molecular complexity index is 859. The molecule has 0 aliphatic rings.